The van der Waals surface area contributed by atoms with Crippen molar-refractivity contribution in [1.82, 2.24) is 9.80 Å². The molecule has 0 aliphatic carbocycles. The van der Waals surface area contributed by atoms with Crippen molar-refractivity contribution in [2.45, 2.75) is 30.2 Å². The quantitative estimate of drug-likeness (QED) is 0.742. The third-order valence-corrected chi connectivity index (χ3v) is 5.95. The van der Waals surface area contributed by atoms with Gasteiger partial charge in [-0.05, 0) is 56.3 Å². The molecule has 0 saturated carbocycles. The predicted molar refractivity (Wildman–Crippen MR) is 115 cm³/mol. The normalized spacial score (nSPS) is 17.1. The molecular formula is C22H29N3OS. The SMILES string of the molecule is CSc1cccc(NC(=O)N2CCC[C@@H](N(C)CCc3ccccc3)C2)c1. The lowest BCUT2D eigenvalue weighted by Gasteiger charge is -2.37. The molecule has 1 N–H and O–H groups in total. The molecule has 0 spiro atoms. The van der Waals surface area contributed by atoms with Gasteiger partial charge in [0, 0.05) is 36.3 Å². The molecule has 2 aromatic rings. The van der Waals surface area contributed by atoms with Crippen LogP contribution in [0.3, 0.4) is 0 Å². The van der Waals surface area contributed by atoms with Gasteiger partial charge >= 0.3 is 6.03 Å². The molecule has 1 fully saturated rings. The number of piperidine rings is 1. The second-order valence-corrected chi connectivity index (χ2v) is 8.00. The van der Waals surface area contributed by atoms with Gasteiger partial charge in [-0.25, -0.2) is 4.79 Å². The maximum atomic E-state index is 12.7. The Morgan fingerprint density at radius 1 is 1.22 bits per heavy atom. The van der Waals surface area contributed by atoms with Crippen molar-refractivity contribution in [3.63, 3.8) is 0 Å². The molecule has 0 aromatic heterocycles. The van der Waals surface area contributed by atoms with E-state index < -0.39 is 0 Å². The van der Waals surface area contributed by atoms with Gasteiger partial charge in [0.05, 0.1) is 0 Å². The van der Waals surface area contributed by atoms with Gasteiger partial charge in [0.1, 0.15) is 0 Å². The van der Waals surface area contributed by atoms with Gasteiger partial charge in [0.25, 0.3) is 0 Å². The minimum Gasteiger partial charge on any atom is -0.323 e. The molecule has 2 aromatic carbocycles. The highest BCUT2D eigenvalue weighted by atomic mass is 32.2. The number of likely N-dealkylation sites (tertiary alicyclic amines) is 1. The summed E-state index contributed by atoms with van der Waals surface area (Å²) < 4.78 is 0. The van der Waals surface area contributed by atoms with E-state index in [0.717, 1.165) is 49.5 Å². The second kappa shape index (κ2) is 9.81. The molecule has 1 atom stereocenters. The lowest BCUT2D eigenvalue weighted by Crippen LogP contribution is -2.50. The number of benzene rings is 2. The number of hydrogen-bond donors (Lipinski definition) is 1. The third-order valence-electron chi connectivity index (χ3n) is 5.22. The number of nitrogens with one attached hydrogen (secondary N) is 1. The van der Waals surface area contributed by atoms with Crippen molar-refractivity contribution < 1.29 is 4.79 Å². The molecule has 27 heavy (non-hydrogen) atoms. The molecule has 1 aliphatic rings. The van der Waals surface area contributed by atoms with Crippen molar-refractivity contribution in [2.24, 2.45) is 0 Å². The van der Waals surface area contributed by atoms with E-state index in [2.05, 4.69) is 53.7 Å². The Hall–Kier alpha value is -1.98. The van der Waals surface area contributed by atoms with Crippen LogP contribution in [0.25, 0.3) is 0 Å². The Labute approximate surface area is 166 Å². The topological polar surface area (TPSA) is 35.6 Å². The largest absolute Gasteiger partial charge is 0.323 e. The highest BCUT2D eigenvalue weighted by molar-refractivity contribution is 7.98. The Kier molecular flexibility index (Phi) is 7.18. The minimum absolute atomic E-state index is 0.00872. The van der Waals surface area contributed by atoms with Crippen molar-refractivity contribution in [1.29, 1.82) is 0 Å². The van der Waals surface area contributed by atoms with Crippen molar-refractivity contribution in [3.05, 3.63) is 60.2 Å². The van der Waals surface area contributed by atoms with Crippen molar-refractivity contribution in [2.75, 3.05) is 38.3 Å². The Morgan fingerprint density at radius 3 is 2.81 bits per heavy atom. The van der Waals surface area contributed by atoms with Gasteiger partial charge in [-0.3, -0.25) is 0 Å². The van der Waals surface area contributed by atoms with E-state index in [1.54, 1.807) is 11.8 Å². The van der Waals surface area contributed by atoms with Gasteiger partial charge < -0.3 is 15.1 Å². The highest BCUT2D eigenvalue weighted by Crippen LogP contribution is 2.21. The summed E-state index contributed by atoms with van der Waals surface area (Å²) in [6.07, 6.45) is 5.29. The van der Waals surface area contributed by atoms with E-state index in [0.29, 0.717) is 6.04 Å². The van der Waals surface area contributed by atoms with E-state index in [1.807, 2.05) is 29.4 Å². The lowest BCUT2D eigenvalue weighted by atomic mass is 10.0. The standard InChI is InChI=1S/C22H29N3OS/c1-24(15-13-18-8-4-3-5-9-18)20-11-7-14-25(17-20)22(26)23-19-10-6-12-21(16-19)27-2/h3-6,8-10,12,16,20H,7,11,13-15,17H2,1-2H3,(H,23,26)/t20-/m1/s1. The van der Waals surface area contributed by atoms with Crippen LogP contribution in [0, 0.1) is 0 Å². The molecule has 2 amide bonds. The number of thioether (sulfide) groups is 1. The van der Waals surface area contributed by atoms with Crippen LogP contribution >= 0.6 is 11.8 Å². The summed E-state index contributed by atoms with van der Waals surface area (Å²) in [5.74, 6) is 0. The first kappa shape index (κ1) is 19.8. The molecule has 5 heteroatoms. The van der Waals surface area contributed by atoms with Gasteiger partial charge in [-0.1, -0.05) is 36.4 Å². The number of urea groups is 1. The number of nitrogens with zero attached hydrogens (tertiary/aromatic N) is 2. The first-order chi connectivity index (χ1) is 13.2. The maximum Gasteiger partial charge on any atom is 0.321 e. The predicted octanol–water partition coefficient (Wildman–Crippen LogP) is 4.58. The number of likely N-dealkylation sites (N-methyl/N-ethyl adjacent to an activating group) is 1. The molecular weight excluding hydrogens is 354 g/mol. The summed E-state index contributed by atoms with van der Waals surface area (Å²) in [5.41, 5.74) is 2.23. The number of carbonyl (C=O) groups excluding carboxylic acids is 1. The van der Waals surface area contributed by atoms with Crippen molar-refractivity contribution >= 4 is 23.5 Å². The van der Waals surface area contributed by atoms with Gasteiger partial charge in [0.15, 0.2) is 0 Å². The maximum absolute atomic E-state index is 12.7. The fourth-order valence-corrected chi connectivity index (χ4v) is 3.99. The highest BCUT2D eigenvalue weighted by Gasteiger charge is 2.26. The van der Waals surface area contributed by atoms with Crippen LogP contribution in [0.1, 0.15) is 18.4 Å². The summed E-state index contributed by atoms with van der Waals surface area (Å²) in [6.45, 7) is 2.64. The minimum atomic E-state index is 0.00872. The van der Waals surface area contributed by atoms with Crippen LogP contribution < -0.4 is 5.32 Å². The molecule has 1 heterocycles. The summed E-state index contributed by atoms with van der Waals surface area (Å²) >= 11 is 1.68. The number of carbonyl (C=O) groups is 1. The molecule has 144 valence electrons. The van der Waals surface area contributed by atoms with E-state index in [-0.39, 0.29) is 6.03 Å². The third kappa shape index (κ3) is 5.75. The monoisotopic (exact) mass is 383 g/mol. The zero-order valence-electron chi connectivity index (χ0n) is 16.2. The zero-order valence-corrected chi connectivity index (χ0v) is 17.0. The van der Waals surface area contributed by atoms with E-state index in [1.165, 1.54) is 5.56 Å². The van der Waals surface area contributed by atoms with E-state index in [4.69, 9.17) is 0 Å². The first-order valence-electron chi connectivity index (χ1n) is 9.60. The molecule has 1 aliphatic heterocycles. The van der Waals surface area contributed by atoms with Crippen LogP contribution in [0.4, 0.5) is 10.5 Å². The van der Waals surface area contributed by atoms with Crippen LogP contribution in [-0.2, 0) is 6.42 Å². The van der Waals surface area contributed by atoms with Gasteiger partial charge in [-0.2, -0.15) is 0 Å². The summed E-state index contributed by atoms with van der Waals surface area (Å²) in [6, 6.07) is 19.0. The molecule has 3 rings (SSSR count). The van der Waals surface area contributed by atoms with Gasteiger partial charge in [-0.15, -0.1) is 11.8 Å². The smallest absolute Gasteiger partial charge is 0.321 e. The molecule has 0 unspecified atom stereocenters. The Balaban J connectivity index is 1.52. The first-order valence-corrected chi connectivity index (χ1v) is 10.8. The average molecular weight is 384 g/mol. The summed E-state index contributed by atoms with van der Waals surface area (Å²) in [7, 11) is 2.18. The number of rotatable bonds is 6. The van der Waals surface area contributed by atoms with E-state index >= 15 is 0 Å². The number of hydrogen-bond acceptors (Lipinski definition) is 3. The molecule has 0 bridgehead atoms. The molecule has 4 nitrogen and oxygen atoms in total. The van der Waals surface area contributed by atoms with Crippen LogP contribution in [0.15, 0.2) is 59.5 Å². The fourth-order valence-electron chi connectivity index (χ4n) is 3.54. The Bertz CT molecular complexity index is 737. The molecule has 0 radical (unpaired) electrons. The number of amides is 2. The van der Waals surface area contributed by atoms with Crippen LogP contribution in [0.5, 0.6) is 0 Å². The van der Waals surface area contributed by atoms with E-state index in [9.17, 15) is 4.79 Å². The average Bonchev–Trinajstić information content (AvgIpc) is 2.73. The van der Waals surface area contributed by atoms with Crippen LogP contribution in [0.2, 0.25) is 0 Å². The zero-order chi connectivity index (χ0) is 19.1. The van der Waals surface area contributed by atoms with Gasteiger partial charge in [0.2, 0.25) is 0 Å². The Morgan fingerprint density at radius 2 is 2.04 bits per heavy atom. The fraction of sp³-hybridized carbons (Fsp3) is 0.409. The summed E-state index contributed by atoms with van der Waals surface area (Å²) in [5, 5.41) is 3.06. The summed E-state index contributed by atoms with van der Waals surface area (Å²) in [4.78, 5) is 18.2. The van der Waals surface area contributed by atoms with Crippen LogP contribution in [-0.4, -0.2) is 54.8 Å². The lowest BCUT2D eigenvalue weighted by molar-refractivity contribution is 0.133. The van der Waals surface area contributed by atoms with Crippen molar-refractivity contribution in [3.8, 4) is 0 Å². The second-order valence-electron chi connectivity index (χ2n) is 7.12. The molecule has 1 saturated heterocycles. The number of anilines is 1.